The summed E-state index contributed by atoms with van der Waals surface area (Å²) in [6.45, 7) is 6.19. The normalized spacial score (nSPS) is 38.8. The fourth-order valence-corrected chi connectivity index (χ4v) is 5.47. The lowest BCUT2D eigenvalue weighted by Crippen LogP contribution is -2.38. The molecular formula is C24H36O2. The first-order chi connectivity index (χ1) is 12.7. The van der Waals surface area contributed by atoms with Gasteiger partial charge in [-0.1, -0.05) is 49.6 Å². The lowest BCUT2D eigenvalue weighted by Gasteiger charge is -2.40. The number of rotatable bonds is 3. The highest BCUT2D eigenvalue weighted by atomic mass is 16.7. The molecule has 0 unspecified atom stereocenters. The van der Waals surface area contributed by atoms with Crippen LogP contribution in [0.5, 0.6) is 0 Å². The molecule has 1 saturated heterocycles. The fourth-order valence-electron chi connectivity index (χ4n) is 5.47. The van der Waals surface area contributed by atoms with Gasteiger partial charge in [-0.3, -0.25) is 0 Å². The minimum atomic E-state index is 0.0454. The second kappa shape index (κ2) is 8.44. The zero-order valence-electron chi connectivity index (χ0n) is 16.7. The Hall–Kier alpha value is -0.860. The molecule has 144 valence electrons. The molecule has 0 radical (unpaired) electrons. The molecule has 0 amide bonds. The first-order valence-corrected chi connectivity index (χ1v) is 11.0. The van der Waals surface area contributed by atoms with Crippen molar-refractivity contribution in [2.45, 2.75) is 77.4 Å². The first kappa shape index (κ1) is 18.5. The van der Waals surface area contributed by atoms with Gasteiger partial charge >= 0.3 is 0 Å². The molecule has 1 aliphatic heterocycles. The standard InChI is InChI=1S/C24H36O2/c1-17-3-7-19(8-4-17)20-11-13-22(14-12-20)24-25-15-23(16-26-24)21-9-5-18(2)6-10-21/h5-6,9-10,17,19-20,22-24H,3-4,7-8,11-16H2,1-2H3. The summed E-state index contributed by atoms with van der Waals surface area (Å²) < 4.78 is 12.4. The Morgan fingerprint density at radius 3 is 1.77 bits per heavy atom. The van der Waals surface area contributed by atoms with E-state index in [9.17, 15) is 0 Å². The molecule has 0 atom stereocenters. The molecule has 2 nitrogen and oxygen atoms in total. The van der Waals surface area contributed by atoms with Crippen molar-refractivity contribution in [1.29, 1.82) is 0 Å². The van der Waals surface area contributed by atoms with Gasteiger partial charge in [0.25, 0.3) is 0 Å². The zero-order chi connectivity index (χ0) is 17.9. The molecule has 3 aliphatic rings. The number of ether oxygens (including phenoxy) is 2. The molecule has 4 rings (SSSR count). The van der Waals surface area contributed by atoms with Gasteiger partial charge in [0, 0.05) is 11.8 Å². The average Bonchev–Trinajstić information content (AvgIpc) is 2.70. The molecule has 26 heavy (non-hydrogen) atoms. The topological polar surface area (TPSA) is 18.5 Å². The summed E-state index contributed by atoms with van der Waals surface area (Å²) >= 11 is 0. The van der Waals surface area contributed by atoms with Gasteiger partial charge in [0.15, 0.2) is 6.29 Å². The van der Waals surface area contributed by atoms with Gasteiger partial charge in [-0.05, 0) is 68.8 Å². The minimum absolute atomic E-state index is 0.0454. The Bertz CT molecular complexity index is 542. The second-order valence-electron chi connectivity index (χ2n) is 9.34. The van der Waals surface area contributed by atoms with E-state index in [0.29, 0.717) is 11.8 Å². The smallest absolute Gasteiger partial charge is 0.160 e. The van der Waals surface area contributed by atoms with Gasteiger partial charge in [0.1, 0.15) is 0 Å². The molecule has 2 heteroatoms. The van der Waals surface area contributed by atoms with Crippen LogP contribution < -0.4 is 0 Å². The van der Waals surface area contributed by atoms with Crippen LogP contribution in [0.25, 0.3) is 0 Å². The number of benzene rings is 1. The van der Waals surface area contributed by atoms with Crippen LogP contribution in [0.2, 0.25) is 0 Å². The van der Waals surface area contributed by atoms with Crippen LogP contribution in [0.1, 0.15) is 75.3 Å². The molecule has 2 aliphatic carbocycles. The lowest BCUT2D eigenvalue weighted by molar-refractivity contribution is -0.218. The fraction of sp³-hybridized carbons (Fsp3) is 0.750. The minimum Gasteiger partial charge on any atom is -0.352 e. The Labute approximate surface area is 159 Å². The van der Waals surface area contributed by atoms with Gasteiger partial charge in [-0.2, -0.15) is 0 Å². The van der Waals surface area contributed by atoms with Crippen LogP contribution in [0.4, 0.5) is 0 Å². The first-order valence-electron chi connectivity index (χ1n) is 11.0. The monoisotopic (exact) mass is 356 g/mol. The van der Waals surface area contributed by atoms with Gasteiger partial charge < -0.3 is 9.47 Å². The molecule has 0 bridgehead atoms. The largest absolute Gasteiger partial charge is 0.352 e. The maximum absolute atomic E-state index is 6.19. The third kappa shape index (κ3) is 4.34. The number of hydrogen-bond donors (Lipinski definition) is 0. The lowest BCUT2D eigenvalue weighted by atomic mass is 9.69. The summed E-state index contributed by atoms with van der Waals surface area (Å²) in [4.78, 5) is 0. The Morgan fingerprint density at radius 1 is 0.692 bits per heavy atom. The quantitative estimate of drug-likeness (QED) is 0.653. The average molecular weight is 357 g/mol. The summed E-state index contributed by atoms with van der Waals surface area (Å²) in [5.41, 5.74) is 2.66. The van der Waals surface area contributed by atoms with E-state index >= 15 is 0 Å². The summed E-state index contributed by atoms with van der Waals surface area (Å²) in [7, 11) is 0. The summed E-state index contributed by atoms with van der Waals surface area (Å²) in [6, 6.07) is 8.83. The van der Waals surface area contributed by atoms with Crippen molar-refractivity contribution in [1.82, 2.24) is 0 Å². The summed E-state index contributed by atoms with van der Waals surface area (Å²) in [5.74, 6) is 3.96. The zero-order valence-corrected chi connectivity index (χ0v) is 16.7. The molecule has 0 aromatic heterocycles. The Kier molecular flexibility index (Phi) is 6.00. The SMILES string of the molecule is Cc1ccc(C2COC(C3CCC(C4CCC(C)CC4)CC3)OC2)cc1. The van der Waals surface area contributed by atoms with E-state index in [2.05, 4.69) is 38.1 Å². The van der Waals surface area contributed by atoms with E-state index in [1.165, 1.54) is 62.5 Å². The van der Waals surface area contributed by atoms with Crippen LogP contribution in [0, 0.1) is 30.6 Å². The van der Waals surface area contributed by atoms with E-state index in [0.717, 1.165) is 31.0 Å². The highest BCUT2D eigenvalue weighted by Crippen LogP contribution is 2.43. The van der Waals surface area contributed by atoms with Gasteiger partial charge in [0.05, 0.1) is 13.2 Å². The highest BCUT2D eigenvalue weighted by Gasteiger charge is 2.35. The predicted octanol–water partition coefficient (Wildman–Crippen LogP) is 6.08. The molecule has 1 aromatic carbocycles. The third-order valence-electron chi connectivity index (χ3n) is 7.40. The Morgan fingerprint density at radius 2 is 1.19 bits per heavy atom. The van der Waals surface area contributed by atoms with Gasteiger partial charge in [-0.15, -0.1) is 0 Å². The predicted molar refractivity (Wildman–Crippen MR) is 106 cm³/mol. The van der Waals surface area contributed by atoms with Crippen molar-refractivity contribution in [3.63, 3.8) is 0 Å². The van der Waals surface area contributed by atoms with Crippen molar-refractivity contribution in [3.8, 4) is 0 Å². The van der Waals surface area contributed by atoms with Crippen LogP contribution in [-0.4, -0.2) is 19.5 Å². The van der Waals surface area contributed by atoms with E-state index in [1.807, 2.05) is 0 Å². The van der Waals surface area contributed by atoms with Crippen molar-refractivity contribution in [2.75, 3.05) is 13.2 Å². The number of hydrogen-bond acceptors (Lipinski definition) is 2. The maximum atomic E-state index is 6.19. The maximum Gasteiger partial charge on any atom is 0.160 e. The van der Waals surface area contributed by atoms with Crippen LogP contribution in [-0.2, 0) is 9.47 Å². The second-order valence-corrected chi connectivity index (χ2v) is 9.34. The summed E-state index contributed by atoms with van der Waals surface area (Å²) in [5, 5.41) is 0. The van der Waals surface area contributed by atoms with Gasteiger partial charge in [0.2, 0.25) is 0 Å². The molecule has 0 N–H and O–H groups in total. The van der Waals surface area contributed by atoms with E-state index in [1.54, 1.807) is 0 Å². The van der Waals surface area contributed by atoms with Crippen molar-refractivity contribution >= 4 is 0 Å². The van der Waals surface area contributed by atoms with Crippen LogP contribution in [0.15, 0.2) is 24.3 Å². The van der Waals surface area contributed by atoms with Crippen LogP contribution in [0.3, 0.4) is 0 Å². The van der Waals surface area contributed by atoms with Crippen molar-refractivity contribution in [3.05, 3.63) is 35.4 Å². The molecule has 1 heterocycles. The van der Waals surface area contributed by atoms with Crippen LogP contribution >= 0.6 is 0 Å². The van der Waals surface area contributed by atoms with E-state index in [-0.39, 0.29) is 6.29 Å². The highest BCUT2D eigenvalue weighted by molar-refractivity contribution is 5.24. The van der Waals surface area contributed by atoms with E-state index < -0.39 is 0 Å². The van der Waals surface area contributed by atoms with Crippen molar-refractivity contribution in [2.24, 2.45) is 23.7 Å². The number of aryl methyl sites for hydroxylation is 1. The molecule has 1 aromatic rings. The van der Waals surface area contributed by atoms with Crippen molar-refractivity contribution < 1.29 is 9.47 Å². The molecular weight excluding hydrogens is 320 g/mol. The molecule has 2 saturated carbocycles. The molecule has 3 fully saturated rings. The van der Waals surface area contributed by atoms with E-state index in [4.69, 9.17) is 9.47 Å². The third-order valence-corrected chi connectivity index (χ3v) is 7.40. The van der Waals surface area contributed by atoms with Gasteiger partial charge in [-0.25, -0.2) is 0 Å². The molecule has 0 spiro atoms. The Balaban J connectivity index is 1.23. The summed E-state index contributed by atoms with van der Waals surface area (Å²) in [6.07, 6.45) is 11.3.